The number of aromatic nitrogens is 1. The first-order chi connectivity index (χ1) is 8.70. The highest BCUT2D eigenvalue weighted by Crippen LogP contribution is 2.31. The average Bonchev–Trinajstić information content (AvgIpc) is 2.78. The van der Waals surface area contributed by atoms with Crippen LogP contribution in [0.3, 0.4) is 0 Å². The van der Waals surface area contributed by atoms with Gasteiger partial charge in [-0.3, -0.25) is 4.90 Å². The van der Waals surface area contributed by atoms with E-state index in [9.17, 15) is 0 Å². The molecule has 0 aromatic carbocycles. The maximum atomic E-state index is 5.58. The van der Waals surface area contributed by atoms with Gasteiger partial charge in [-0.1, -0.05) is 13.0 Å². The number of rotatable bonds is 5. The molecule has 1 fully saturated rings. The topological polar surface area (TPSA) is 25.4 Å². The molecule has 2 heterocycles. The van der Waals surface area contributed by atoms with Gasteiger partial charge in [0, 0.05) is 18.3 Å². The molecule has 0 aliphatic carbocycles. The SMILES string of the molecule is CCCN1CCC[C@@H]1c1ccc(OC(C)C)nc1. The predicted octanol–water partition coefficient (Wildman–Crippen LogP) is 3.42. The molecule has 0 radical (unpaired) electrons. The Bertz CT molecular complexity index is 361. The minimum Gasteiger partial charge on any atom is -0.475 e. The van der Waals surface area contributed by atoms with E-state index in [2.05, 4.69) is 22.9 Å². The zero-order valence-electron chi connectivity index (χ0n) is 11.7. The normalized spacial score (nSPS) is 20.6. The van der Waals surface area contributed by atoms with Gasteiger partial charge in [0.1, 0.15) is 0 Å². The third-order valence-electron chi connectivity index (χ3n) is 3.37. The van der Waals surface area contributed by atoms with E-state index in [0.717, 1.165) is 5.88 Å². The summed E-state index contributed by atoms with van der Waals surface area (Å²) in [5, 5.41) is 0. The highest BCUT2D eigenvalue weighted by molar-refractivity contribution is 5.21. The molecule has 1 aromatic rings. The summed E-state index contributed by atoms with van der Waals surface area (Å²) in [5.74, 6) is 0.730. The van der Waals surface area contributed by atoms with Crippen LogP contribution in [0, 0.1) is 0 Å². The molecule has 1 aliphatic rings. The predicted molar refractivity (Wildman–Crippen MR) is 73.8 cm³/mol. The molecule has 0 N–H and O–H groups in total. The fourth-order valence-corrected chi connectivity index (χ4v) is 2.66. The standard InChI is InChI=1S/C15H24N2O/c1-4-9-17-10-5-6-14(17)13-7-8-15(16-11-13)18-12(2)3/h7-8,11-12,14H,4-6,9-10H2,1-3H3/t14-/m1/s1. The van der Waals surface area contributed by atoms with Gasteiger partial charge in [0.15, 0.2) is 0 Å². The van der Waals surface area contributed by atoms with Crippen LogP contribution in [0.1, 0.15) is 51.6 Å². The lowest BCUT2D eigenvalue weighted by Gasteiger charge is -2.24. The van der Waals surface area contributed by atoms with Crippen LogP contribution in [-0.4, -0.2) is 29.1 Å². The van der Waals surface area contributed by atoms with Crippen molar-refractivity contribution < 1.29 is 4.74 Å². The van der Waals surface area contributed by atoms with Crippen molar-refractivity contribution >= 4 is 0 Å². The molecule has 3 nitrogen and oxygen atoms in total. The molecule has 1 atom stereocenters. The first-order valence-electron chi connectivity index (χ1n) is 7.07. The fraction of sp³-hybridized carbons (Fsp3) is 0.667. The van der Waals surface area contributed by atoms with Gasteiger partial charge >= 0.3 is 0 Å². The number of hydrogen-bond acceptors (Lipinski definition) is 3. The maximum Gasteiger partial charge on any atom is 0.213 e. The van der Waals surface area contributed by atoms with E-state index in [1.807, 2.05) is 26.1 Å². The Hall–Kier alpha value is -1.09. The van der Waals surface area contributed by atoms with Gasteiger partial charge in [-0.25, -0.2) is 4.98 Å². The summed E-state index contributed by atoms with van der Waals surface area (Å²) >= 11 is 0. The second kappa shape index (κ2) is 6.19. The van der Waals surface area contributed by atoms with Crippen LogP contribution in [0.5, 0.6) is 5.88 Å². The smallest absolute Gasteiger partial charge is 0.213 e. The highest BCUT2D eigenvalue weighted by atomic mass is 16.5. The largest absolute Gasteiger partial charge is 0.475 e. The van der Waals surface area contributed by atoms with E-state index >= 15 is 0 Å². The van der Waals surface area contributed by atoms with Crippen molar-refractivity contribution in [3.63, 3.8) is 0 Å². The van der Waals surface area contributed by atoms with Gasteiger partial charge in [-0.15, -0.1) is 0 Å². The molecule has 100 valence electrons. The van der Waals surface area contributed by atoms with Crippen LogP contribution >= 0.6 is 0 Å². The van der Waals surface area contributed by atoms with E-state index in [-0.39, 0.29) is 6.10 Å². The third-order valence-corrected chi connectivity index (χ3v) is 3.37. The quantitative estimate of drug-likeness (QED) is 0.798. The number of hydrogen-bond donors (Lipinski definition) is 0. The molecule has 18 heavy (non-hydrogen) atoms. The zero-order chi connectivity index (χ0) is 13.0. The highest BCUT2D eigenvalue weighted by Gasteiger charge is 2.25. The Morgan fingerprint density at radius 2 is 2.28 bits per heavy atom. The number of pyridine rings is 1. The van der Waals surface area contributed by atoms with Crippen molar-refractivity contribution in [3.8, 4) is 5.88 Å². The van der Waals surface area contributed by atoms with E-state index in [0.29, 0.717) is 6.04 Å². The minimum atomic E-state index is 0.187. The lowest BCUT2D eigenvalue weighted by atomic mass is 10.1. The maximum absolute atomic E-state index is 5.58. The zero-order valence-corrected chi connectivity index (χ0v) is 11.7. The van der Waals surface area contributed by atoms with Crippen LogP contribution in [-0.2, 0) is 0 Å². The van der Waals surface area contributed by atoms with E-state index in [4.69, 9.17) is 4.74 Å². The van der Waals surface area contributed by atoms with Crippen molar-refractivity contribution in [3.05, 3.63) is 23.9 Å². The van der Waals surface area contributed by atoms with Gasteiger partial charge in [0.25, 0.3) is 0 Å². The molecule has 0 spiro atoms. The first kappa shape index (κ1) is 13.3. The van der Waals surface area contributed by atoms with Gasteiger partial charge in [0.05, 0.1) is 6.10 Å². The Morgan fingerprint density at radius 3 is 2.89 bits per heavy atom. The summed E-state index contributed by atoms with van der Waals surface area (Å²) in [6, 6.07) is 4.73. The Labute approximate surface area is 110 Å². The lowest BCUT2D eigenvalue weighted by Crippen LogP contribution is -2.24. The van der Waals surface area contributed by atoms with Crippen molar-refractivity contribution in [1.82, 2.24) is 9.88 Å². The minimum absolute atomic E-state index is 0.187. The molecule has 0 unspecified atom stereocenters. The van der Waals surface area contributed by atoms with Crippen LogP contribution in [0.2, 0.25) is 0 Å². The van der Waals surface area contributed by atoms with Gasteiger partial charge in [0.2, 0.25) is 5.88 Å². The van der Waals surface area contributed by atoms with Crippen molar-refractivity contribution in [2.45, 2.75) is 52.2 Å². The van der Waals surface area contributed by atoms with Gasteiger partial charge in [-0.05, 0) is 51.8 Å². The van der Waals surface area contributed by atoms with Gasteiger partial charge < -0.3 is 4.74 Å². The number of ether oxygens (including phenoxy) is 1. The Kier molecular flexibility index (Phi) is 4.59. The van der Waals surface area contributed by atoms with Crippen molar-refractivity contribution in [2.24, 2.45) is 0 Å². The van der Waals surface area contributed by atoms with Crippen molar-refractivity contribution in [2.75, 3.05) is 13.1 Å². The summed E-state index contributed by atoms with van der Waals surface area (Å²) in [4.78, 5) is 6.98. The lowest BCUT2D eigenvalue weighted by molar-refractivity contribution is 0.231. The second-order valence-electron chi connectivity index (χ2n) is 5.29. The number of nitrogens with zero attached hydrogens (tertiary/aromatic N) is 2. The van der Waals surface area contributed by atoms with E-state index < -0.39 is 0 Å². The van der Waals surface area contributed by atoms with Crippen LogP contribution < -0.4 is 4.74 Å². The summed E-state index contributed by atoms with van der Waals surface area (Å²) in [6.45, 7) is 8.70. The molecule has 0 amide bonds. The molecular formula is C15H24N2O. The molecule has 1 aromatic heterocycles. The van der Waals surface area contributed by atoms with Crippen LogP contribution in [0.15, 0.2) is 18.3 Å². The molecule has 2 rings (SSSR count). The molecule has 0 bridgehead atoms. The van der Waals surface area contributed by atoms with E-state index in [1.54, 1.807) is 0 Å². The second-order valence-corrected chi connectivity index (χ2v) is 5.29. The third kappa shape index (κ3) is 3.22. The monoisotopic (exact) mass is 248 g/mol. The molecule has 0 saturated carbocycles. The summed E-state index contributed by atoms with van der Waals surface area (Å²) in [6.07, 6.45) is 5.95. The Balaban J connectivity index is 2.04. The van der Waals surface area contributed by atoms with Crippen LogP contribution in [0.25, 0.3) is 0 Å². The van der Waals surface area contributed by atoms with Gasteiger partial charge in [-0.2, -0.15) is 0 Å². The number of likely N-dealkylation sites (tertiary alicyclic amines) is 1. The van der Waals surface area contributed by atoms with Crippen molar-refractivity contribution in [1.29, 1.82) is 0 Å². The molecule has 1 saturated heterocycles. The molecular weight excluding hydrogens is 224 g/mol. The Morgan fingerprint density at radius 1 is 1.44 bits per heavy atom. The first-order valence-corrected chi connectivity index (χ1v) is 7.07. The molecule has 1 aliphatic heterocycles. The summed E-state index contributed by atoms with van der Waals surface area (Å²) in [7, 11) is 0. The summed E-state index contributed by atoms with van der Waals surface area (Å²) < 4.78 is 5.58. The molecule has 3 heteroatoms. The van der Waals surface area contributed by atoms with Crippen LogP contribution in [0.4, 0.5) is 0 Å². The summed E-state index contributed by atoms with van der Waals surface area (Å²) in [5.41, 5.74) is 1.33. The average molecular weight is 248 g/mol. The van der Waals surface area contributed by atoms with E-state index in [1.165, 1.54) is 37.9 Å². The fourth-order valence-electron chi connectivity index (χ4n) is 2.66.